The Morgan fingerprint density at radius 1 is 1.15 bits per heavy atom. The maximum atomic E-state index is 14.3. The predicted molar refractivity (Wildman–Crippen MR) is 95.5 cm³/mol. The normalized spacial score (nSPS) is 16.4. The van der Waals surface area contributed by atoms with Gasteiger partial charge >= 0.3 is 0 Å². The molecule has 3 aromatic rings. The summed E-state index contributed by atoms with van der Waals surface area (Å²) in [4.78, 5) is 3.00. The number of rotatable bonds is 4. The second-order valence-corrected chi connectivity index (χ2v) is 8.39. The zero-order valence-electron chi connectivity index (χ0n) is 14.4. The van der Waals surface area contributed by atoms with Gasteiger partial charge in [0.05, 0.1) is 24.1 Å². The average Bonchev–Trinajstić information content (AvgIpc) is 2.93. The third kappa shape index (κ3) is 3.35. The summed E-state index contributed by atoms with van der Waals surface area (Å²) in [6.07, 6.45) is 1.68. The fourth-order valence-electron chi connectivity index (χ4n) is 3.81. The smallest absolute Gasteiger partial charge is 0.264 e. The van der Waals surface area contributed by atoms with Gasteiger partial charge in [-0.15, -0.1) is 0 Å². The van der Waals surface area contributed by atoms with E-state index in [1.165, 1.54) is 18.2 Å². The van der Waals surface area contributed by atoms with E-state index in [9.17, 15) is 21.6 Å². The summed E-state index contributed by atoms with van der Waals surface area (Å²) in [6.45, 7) is -0.0714. The van der Waals surface area contributed by atoms with E-state index in [1.54, 1.807) is 6.07 Å². The summed E-state index contributed by atoms with van der Waals surface area (Å²) in [6, 6.07) is 6.39. The van der Waals surface area contributed by atoms with Crippen LogP contribution in [-0.4, -0.2) is 26.3 Å². The van der Waals surface area contributed by atoms with Crippen molar-refractivity contribution < 1.29 is 25.8 Å². The molecule has 1 unspecified atom stereocenters. The van der Waals surface area contributed by atoms with Crippen LogP contribution in [0.25, 0.3) is 22.2 Å². The summed E-state index contributed by atoms with van der Waals surface area (Å²) in [5.74, 6) is -2.07. The number of aromatic nitrogens is 1. The molecule has 1 aromatic heterocycles. The van der Waals surface area contributed by atoms with Gasteiger partial charge in [-0.2, -0.15) is 8.42 Å². The number of fused-ring (bicyclic) bond motifs is 5. The van der Waals surface area contributed by atoms with E-state index in [0.29, 0.717) is 29.5 Å². The average molecular weight is 395 g/mol. The van der Waals surface area contributed by atoms with Crippen molar-refractivity contribution in [2.45, 2.75) is 18.8 Å². The Labute approximate surface area is 154 Å². The Bertz CT molecular complexity index is 1150. The molecule has 1 aliphatic carbocycles. The van der Waals surface area contributed by atoms with Crippen LogP contribution in [0.2, 0.25) is 0 Å². The van der Waals surface area contributed by atoms with Crippen molar-refractivity contribution in [1.82, 2.24) is 4.98 Å². The predicted octanol–water partition coefficient (Wildman–Crippen LogP) is 4.26. The van der Waals surface area contributed by atoms with Gasteiger partial charge in [0, 0.05) is 17.0 Å². The maximum Gasteiger partial charge on any atom is 0.264 e. The first-order valence-corrected chi connectivity index (χ1v) is 10.2. The fraction of sp³-hybridized carbons (Fsp3) is 0.263. The van der Waals surface area contributed by atoms with Crippen LogP contribution in [-0.2, 0) is 20.7 Å². The van der Waals surface area contributed by atoms with Crippen molar-refractivity contribution in [1.29, 1.82) is 0 Å². The Hall–Kier alpha value is -2.32. The second kappa shape index (κ2) is 6.38. The van der Waals surface area contributed by atoms with E-state index in [1.807, 2.05) is 0 Å². The van der Waals surface area contributed by atoms with Crippen molar-refractivity contribution in [3.63, 3.8) is 0 Å². The van der Waals surface area contributed by atoms with Gasteiger partial charge in [-0.05, 0) is 54.2 Å². The molecule has 4 rings (SSSR count). The van der Waals surface area contributed by atoms with Crippen LogP contribution in [0, 0.1) is 17.5 Å². The minimum atomic E-state index is -3.60. The van der Waals surface area contributed by atoms with Gasteiger partial charge < -0.3 is 4.98 Å². The van der Waals surface area contributed by atoms with Gasteiger partial charge in [-0.1, -0.05) is 0 Å². The number of halogens is 3. The number of hydrogen-bond acceptors (Lipinski definition) is 3. The van der Waals surface area contributed by atoms with Crippen LogP contribution in [0.4, 0.5) is 13.2 Å². The molecule has 1 heterocycles. The summed E-state index contributed by atoms with van der Waals surface area (Å²) in [5.41, 5.74) is 2.91. The maximum absolute atomic E-state index is 14.3. The summed E-state index contributed by atoms with van der Waals surface area (Å²) < 4.78 is 69.1. The monoisotopic (exact) mass is 395 g/mol. The standard InChI is InChI=1S/C19H16F3NO3S/c1-27(24,25)26-5-4-10-6-11-7-12(20)2-3-14(11)19-17(10)15-8-13(21)9-16(22)18(15)23-19/h2-3,7-10,23H,4-6H2,1H3. The molecule has 8 heteroatoms. The molecule has 27 heavy (non-hydrogen) atoms. The highest BCUT2D eigenvalue weighted by molar-refractivity contribution is 7.85. The van der Waals surface area contributed by atoms with Crippen LogP contribution in [0.15, 0.2) is 30.3 Å². The first-order chi connectivity index (χ1) is 12.7. The molecule has 0 spiro atoms. The van der Waals surface area contributed by atoms with E-state index in [4.69, 9.17) is 4.18 Å². The fourth-order valence-corrected chi connectivity index (χ4v) is 4.21. The lowest BCUT2D eigenvalue weighted by molar-refractivity contribution is 0.302. The molecule has 0 aliphatic heterocycles. The van der Waals surface area contributed by atoms with E-state index >= 15 is 0 Å². The van der Waals surface area contributed by atoms with Gasteiger partial charge in [0.25, 0.3) is 10.1 Å². The zero-order chi connectivity index (χ0) is 19.3. The molecular weight excluding hydrogens is 379 g/mol. The van der Waals surface area contributed by atoms with Gasteiger partial charge in [-0.25, -0.2) is 13.2 Å². The molecule has 0 bridgehead atoms. The van der Waals surface area contributed by atoms with E-state index < -0.39 is 27.6 Å². The summed E-state index contributed by atoms with van der Waals surface area (Å²) in [5, 5.41) is 0.404. The number of benzene rings is 2. The lowest BCUT2D eigenvalue weighted by Gasteiger charge is -2.25. The van der Waals surface area contributed by atoms with Crippen molar-refractivity contribution >= 4 is 21.0 Å². The van der Waals surface area contributed by atoms with Crippen molar-refractivity contribution in [2.75, 3.05) is 12.9 Å². The highest BCUT2D eigenvalue weighted by atomic mass is 32.2. The Kier molecular flexibility index (Phi) is 4.27. The third-order valence-corrected chi connectivity index (χ3v) is 5.43. The highest BCUT2D eigenvalue weighted by Crippen LogP contribution is 2.45. The van der Waals surface area contributed by atoms with Crippen LogP contribution in [0.5, 0.6) is 0 Å². The second-order valence-electron chi connectivity index (χ2n) is 6.74. The minimum absolute atomic E-state index is 0.0714. The molecule has 0 radical (unpaired) electrons. The number of H-pyrrole nitrogens is 1. The molecule has 1 N–H and O–H groups in total. The number of nitrogens with one attached hydrogen (secondary N) is 1. The molecule has 0 fully saturated rings. The molecule has 0 saturated carbocycles. The molecule has 2 aromatic carbocycles. The topological polar surface area (TPSA) is 59.2 Å². The first kappa shape index (κ1) is 18.1. The summed E-state index contributed by atoms with van der Waals surface area (Å²) in [7, 11) is -3.60. The van der Waals surface area contributed by atoms with Gasteiger partial charge in [-0.3, -0.25) is 4.18 Å². The van der Waals surface area contributed by atoms with E-state index in [2.05, 4.69) is 4.98 Å². The number of aromatic amines is 1. The molecule has 4 nitrogen and oxygen atoms in total. The molecule has 1 aliphatic rings. The lowest BCUT2D eigenvalue weighted by atomic mass is 9.79. The van der Waals surface area contributed by atoms with E-state index in [-0.39, 0.29) is 18.0 Å². The van der Waals surface area contributed by atoms with E-state index in [0.717, 1.165) is 23.4 Å². The van der Waals surface area contributed by atoms with Gasteiger partial charge in [0.1, 0.15) is 17.5 Å². The van der Waals surface area contributed by atoms with Crippen LogP contribution < -0.4 is 0 Å². The molecule has 0 amide bonds. The van der Waals surface area contributed by atoms with Gasteiger partial charge in [0.15, 0.2) is 0 Å². The zero-order valence-corrected chi connectivity index (χ0v) is 15.2. The molecule has 1 atom stereocenters. The molecule has 0 saturated heterocycles. The summed E-state index contributed by atoms with van der Waals surface area (Å²) >= 11 is 0. The quantitative estimate of drug-likeness (QED) is 0.672. The lowest BCUT2D eigenvalue weighted by Crippen LogP contribution is -2.14. The van der Waals surface area contributed by atoms with Crippen LogP contribution in [0.3, 0.4) is 0 Å². The van der Waals surface area contributed by atoms with Crippen molar-refractivity contribution in [3.8, 4) is 11.3 Å². The Morgan fingerprint density at radius 2 is 1.93 bits per heavy atom. The van der Waals surface area contributed by atoms with Crippen molar-refractivity contribution in [3.05, 3.63) is 58.9 Å². The number of hydrogen-bond donors (Lipinski definition) is 1. The van der Waals surface area contributed by atoms with Gasteiger partial charge in [0.2, 0.25) is 0 Å². The Balaban J connectivity index is 1.86. The van der Waals surface area contributed by atoms with Crippen LogP contribution >= 0.6 is 0 Å². The first-order valence-electron chi connectivity index (χ1n) is 8.37. The SMILES string of the molecule is CS(=O)(=O)OCCC1Cc2cc(F)ccc2-c2[nH]c3c(F)cc(F)cc3c21. The molecule has 142 valence electrons. The Morgan fingerprint density at radius 3 is 2.67 bits per heavy atom. The van der Waals surface area contributed by atoms with Crippen LogP contribution in [0.1, 0.15) is 23.5 Å². The largest absolute Gasteiger partial charge is 0.352 e. The minimum Gasteiger partial charge on any atom is -0.352 e. The van der Waals surface area contributed by atoms with Crippen molar-refractivity contribution in [2.24, 2.45) is 0 Å². The molecular formula is C19H16F3NO3S. The highest BCUT2D eigenvalue weighted by Gasteiger charge is 2.30. The third-order valence-electron chi connectivity index (χ3n) is 4.84.